The molecule has 0 aromatic heterocycles. The maximum Gasteiger partial charge on any atom is 0.324 e. The summed E-state index contributed by atoms with van der Waals surface area (Å²) in [6.45, 7) is 1.46. The van der Waals surface area contributed by atoms with Gasteiger partial charge in [0.1, 0.15) is 5.82 Å². The van der Waals surface area contributed by atoms with E-state index in [1.54, 1.807) is 0 Å². The van der Waals surface area contributed by atoms with Crippen LogP contribution in [0.4, 0.5) is 4.39 Å². The van der Waals surface area contributed by atoms with Crippen molar-refractivity contribution in [2.75, 3.05) is 0 Å². The van der Waals surface area contributed by atoms with E-state index in [2.05, 4.69) is 15.9 Å². The third-order valence-electron chi connectivity index (χ3n) is 2.90. The Morgan fingerprint density at radius 1 is 1.50 bits per heavy atom. The van der Waals surface area contributed by atoms with Crippen molar-refractivity contribution in [3.05, 3.63) is 34.1 Å². The summed E-state index contributed by atoms with van der Waals surface area (Å²) >= 11 is 3.18. The molecule has 1 aliphatic rings. The number of β-lactam (4-membered cyclic amide) rings is 1. The molecule has 0 aliphatic carbocycles. The van der Waals surface area contributed by atoms with E-state index in [4.69, 9.17) is 10.7 Å². The number of carbonyl (C=O) groups excluding carboxylic acids is 1. The van der Waals surface area contributed by atoms with Crippen LogP contribution in [0, 0.1) is 5.82 Å². The van der Waals surface area contributed by atoms with Crippen LogP contribution in [-0.4, -0.2) is 18.6 Å². The van der Waals surface area contributed by atoms with Crippen molar-refractivity contribution < 1.29 is 17.6 Å². The Hall–Kier alpha value is -0.660. The summed E-state index contributed by atoms with van der Waals surface area (Å²) in [7, 11) is 0.973. The number of halogens is 3. The zero-order chi connectivity index (χ0) is 13.7. The quantitative estimate of drug-likeness (QED) is 0.604. The van der Waals surface area contributed by atoms with E-state index in [9.17, 15) is 17.6 Å². The summed E-state index contributed by atoms with van der Waals surface area (Å²) in [4.78, 5) is 11.4. The minimum Gasteiger partial charge on any atom is -0.274 e. The first kappa shape index (κ1) is 13.8. The highest BCUT2D eigenvalue weighted by Crippen LogP contribution is 2.45. The van der Waals surface area contributed by atoms with Gasteiger partial charge in [0, 0.05) is 20.7 Å². The number of benzene rings is 1. The van der Waals surface area contributed by atoms with Gasteiger partial charge in [0.2, 0.25) is 5.91 Å². The summed E-state index contributed by atoms with van der Waals surface area (Å²) in [6.07, 6.45) is -0.105. The van der Waals surface area contributed by atoms with Crippen LogP contribution in [0.15, 0.2) is 22.7 Å². The maximum absolute atomic E-state index is 13.8. The van der Waals surface area contributed by atoms with Gasteiger partial charge in [-0.05, 0) is 25.1 Å². The third kappa shape index (κ3) is 2.04. The molecule has 1 unspecified atom stereocenters. The predicted molar refractivity (Wildman–Crippen MR) is 67.7 cm³/mol. The molecule has 4 nitrogen and oxygen atoms in total. The average molecular weight is 357 g/mol. The second kappa shape index (κ2) is 4.18. The summed E-state index contributed by atoms with van der Waals surface area (Å²) in [6, 6.07) is 4.13. The van der Waals surface area contributed by atoms with E-state index >= 15 is 0 Å². The number of nitrogens with zero attached hydrogens (tertiary/aromatic N) is 1. The van der Waals surface area contributed by atoms with Crippen molar-refractivity contribution in [1.82, 2.24) is 4.31 Å². The Bertz CT molecular complexity index is 636. The highest BCUT2D eigenvalue weighted by atomic mass is 79.9. The van der Waals surface area contributed by atoms with Gasteiger partial charge in [-0.15, -0.1) is 0 Å². The van der Waals surface area contributed by atoms with Gasteiger partial charge >= 0.3 is 9.24 Å². The number of hydrogen-bond acceptors (Lipinski definition) is 3. The van der Waals surface area contributed by atoms with Gasteiger partial charge < -0.3 is 0 Å². The van der Waals surface area contributed by atoms with Crippen LogP contribution in [0.25, 0.3) is 0 Å². The van der Waals surface area contributed by atoms with E-state index in [-0.39, 0.29) is 12.0 Å². The molecule has 0 spiro atoms. The monoisotopic (exact) mass is 355 g/mol. The molecular formula is C10H8BrClFNO3S. The lowest BCUT2D eigenvalue weighted by molar-refractivity contribution is -0.144. The van der Waals surface area contributed by atoms with Crippen LogP contribution in [0.5, 0.6) is 0 Å². The third-order valence-corrected chi connectivity index (χ3v) is 4.85. The van der Waals surface area contributed by atoms with Crippen LogP contribution in [0.3, 0.4) is 0 Å². The summed E-state index contributed by atoms with van der Waals surface area (Å²) in [5.74, 6) is -1.23. The van der Waals surface area contributed by atoms with Crippen LogP contribution in [-0.2, 0) is 19.6 Å². The van der Waals surface area contributed by atoms with Crippen molar-refractivity contribution in [2.24, 2.45) is 0 Å². The topological polar surface area (TPSA) is 54.5 Å². The molecule has 1 atom stereocenters. The minimum atomic E-state index is -4.23. The molecule has 18 heavy (non-hydrogen) atoms. The zero-order valence-electron chi connectivity index (χ0n) is 9.15. The first-order chi connectivity index (χ1) is 8.16. The Balaban J connectivity index is 2.56. The van der Waals surface area contributed by atoms with Gasteiger partial charge in [-0.25, -0.2) is 8.70 Å². The molecule has 98 valence electrons. The lowest BCUT2D eigenvalue weighted by atomic mass is 9.82. The first-order valence-electron chi connectivity index (χ1n) is 4.89. The number of hydrogen-bond donors (Lipinski definition) is 0. The highest BCUT2D eigenvalue weighted by molar-refractivity contribution is 9.10. The molecule has 1 fully saturated rings. The molecule has 1 aromatic carbocycles. The van der Waals surface area contributed by atoms with E-state index in [1.165, 1.54) is 25.1 Å². The SMILES string of the molecule is CC1(c2cc(Br)ccc2F)CC(=O)N1S(=O)(=O)Cl. The molecule has 8 heteroatoms. The van der Waals surface area contributed by atoms with Crippen molar-refractivity contribution in [3.63, 3.8) is 0 Å². The van der Waals surface area contributed by atoms with Crippen LogP contribution in [0.1, 0.15) is 18.9 Å². The molecule has 0 saturated carbocycles. The second-order valence-electron chi connectivity index (χ2n) is 4.18. The fourth-order valence-electron chi connectivity index (χ4n) is 2.10. The smallest absolute Gasteiger partial charge is 0.274 e. The van der Waals surface area contributed by atoms with E-state index in [0.717, 1.165) is 0 Å². The van der Waals surface area contributed by atoms with Gasteiger partial charge in [0.15, 0.2) is 0 Å². The van der Waals surface area contributed by atoms with Gasteiger partial charge in [0.25, 0.3) is 0 Å². The van der Waals surface area contributed by atoms with E-state index in [0.29, 0.717) is 8.78 Å². The number of rotatable bonds is 2. The lowest BCUT2D eigenvalue weighted by Gasteiger charge is -2.47. The van der Waals surface area contributed by atoms with Crippen LogP contribution in [0.2, 0.25) is 0 Å². The molecule has 0 N–H and O–H groups in total. The molecule has 0 radical (unpaired) electrons. The number of amides is 1. The van der Waals surface area contributed by atoms with Gasteiger partial charge in [-0.3, -0.25) is 4.79 Å². The molecule has 1 amide bonds. The summed E-state index contributed by atoms with van der Waals surface area (Å²) in [5.41, 5.74) is -1.16. The number of carbonyl (C=O) groups is 1. The Kier molecular flexibility index (Phi) is 3.19. The largest absolute Gasteiger partial charge is 0.324 e. The Morgan fingerprint density at radius 2 is 2.11 bits per heavy atom. The zero-order valence-corrected chi connectivity index (χ0v) is 12.3. The Morgan fingerprint density at radius 3 is 2.61 bits per heavy atom. The average Bonchev–Trinajstić information content (AvgIpc) is 2.17. The lowest BCUT2D eigenvalue weighted by Crippen LogP contribution is -2.60. The molecule has 1 heterocycles. The van der Waals surface area contributed by atoms with Gasteiger partial charge in [0.05, 0.1) is 12.0 Å². The van der Waals surface area contributed by atoms with Crippen LogP contribution < -0.4 is 0 Å². The van der Waals surface area contributed by atoms with E-state index < -0.39 is 26.5 Å². The standard InChI is InChI=1S/C10H8BrClFNO3S/c1-10(5-9(15)14(10)18(12,16)17)7-4-6(11)2-3-8(7)13/h2-4H,5H2,1H3. The van der Waals surface area contributed by atoms with Gasteiger partial charge in [-0.1, -0.05) is 15.9 Å². The van der Waals surface area contributed by atoms with Crippen molar-refractivity contribution in [2.45, 2.75) is 18.9 Å². The molecular weight excluding hydrogens is 349 g/mol. The minimum absolute atomic E-state index is 0.105. The molecule has 1 saturated heterocycles. The maximum atomic E-state index is 13.8. The van der Waals surface area contributed by atoms with Crippen molar-refractivity contribution >= 4 is 41.8 Å². The van der Waals surface area contributed by atoms with E-state index in [1.807, 2.05) is 0 Å². The van der Waals surface area contributed by atoms with Crippen molar-refractivity contribution in [1.29, 1.82) is 0 Å². The fourth-order valence-corrected chi connectivity index (χ4v) is 4.10. The van der Waals surface area contributed by atoms with Crippen LogP contribution >= 0.6 is 26.6 Å². The highest BCUT2D eigenvalue weighted by Gasteiger charge is 2.55. The molecule has 0 bridgehead atoms. The molecule has 1 aliphatic heterocycles. The second-order valence-corrected chi connectivity index (χ2v) is 7.45. The summed E-state index contributed by atoms with van der Waals surface area (Å²) in [5, 5.41) is 0. The fraction of sp³-hybridized carbons (Fsp3) is 0.300. The first-order valence-corrected chi connectivity index (χ1v) is 7.95. The normalized spacial score (nSPS) is 24.0. The Labute approximate surface area is 116 Å². The predicted octanol–water partition coefficient (Wildman–Crippen LogP) is 2.52. The van der Waals surface area contributed by atoms with Gasteiger partial charge in [-0.2, -0.15) is 8.42 Å². The molecule has 1 aromatic rings. The van der Waals surface area contributed by atoms with Crippen molar-refractivity contribution in [3.8, 4) is 0 Å². The summed E-state index contributed by atoms with van der Waals surface area (Å²) < 4.78 is 37.6. The molecule has 2 rings (SSSR count).